The molecule has 1 atom stereocenters. The van der Waals surface area contributed by atoms with Gasteiger partial charge in [-0.2, -0.15) is 4.98 Å². The van der Waals surface area contributed by atoms with Gasteiger partial charge in [-0.05, 0) is 42.4 Å². The average molecular weight is 305 g/mol. The number of carbonyl (C=O) groups is 1. The molecule has 0 bridgehead atoms. The fourth-order valence-corrected chi connectivity index (χ4v) is 2.70. The molecule has 2 aromatic carbocycles. The quantitative estimate of drug-likeness (QED) is 0.778. The van der Waals surface area contributed by atoms with Crippen LogP contribution in [0.1, 0.15) is 17.9 Å². The minimum absolute atomic E-state index is 0.0263. The number of hydrogen-bond acceptors (Lipinski definition) is 3. The average Bonchev–Trinajstić information content (AvgIpc) is 2.98. The van der Waals surface area contributed by atoms with Crippen LogP contribution in [-0.4, -0.2) is 15.9 Å². The summed E-state index contributed by atoms with van der Waals surface area (Å²) in [5, 5.41) is 2.73. The number of nitrogens with one attached hydrogen (secondary N) is 2. The number of hydrogen-bond donors (Lipinski definition) is 2. The first-order chi connectivity index (χ1) is 11.3. The highest BCUT2D eigenvalue weighted by Crippen LogP contribution is 2.27. The maximum atomic E-state index is 11.9. The Kier molecular flexibility index (Phi) is 3.31. The zero-order valence-electron chi connectivity index (χ0n) is 12.3. The smallest absolute Gasteiger partial charge is 0.300 e. The van der Waals surface area contributed by atoms with Gasteiger partial charge in [0.05, 0.1) is 17.0 Å². The number of imidazole rings is 1. The summed E-state index contributed by atoms with van der Waals surface area (Å²) in [6.45, 7) is 0. The highest BCUT2D eigenvalue weighted by atomic mass is 16.5. The lowest BCUT2D eigenvalue weighted by molar-refractivity contribution is -0.121. The van der Waals surface area contributed by atoms with E-state index in [1.807, 2.05) is 54.6 Å². The zero-order valence-corrected chi connectivity index (χ0v) is 12.3. The fraction of sp³-hybridized carbons (Fsp3) is 0.111. The van der Waals surface area contributed by atoms with Crippen LogP contribution in [0.15, 0.2) is 60.8 Å². The fourth-order valence-electron chi connectivity index (χ4n) is 2.70. The molecule has 5 nitrogen and oxygen atoms in total. The molecule has 1 amide bonds. The number of H-pyrrole nitrogens is 1. The number of amides is 1. The van der Waals surface area contributed by atoms with Gasteiger partial charge in [0.25, 0.3) is 6.01 Å². The predicted octanol–water partition coefficient (Wildman–Crippen LogP) is 3.47. The Morgan fingerprint density at radius 3 is 2.70 bits per heavy atom. The van der Waals surface area contributed by atoms with Crippen molar-refractivity contribution in [1.29, 1.82) is 0 Å². The van der Waals surface area contributed by atoms with E-state index in [2.05, 4.69) is 15.3 Å². The maximum Gasteiger partial charge on any atom is 0.300 e. The third-order valence-electron chi connectivity index (χ3n) is 3.90. The number of allylic oxidation sites excluding steroid dienone is 1. The lowest BCUT2D eigenvalue weighted by Gasteiger charge is -2.17. The molecule has 1 aromatic heterocycles. The standard InChI is InChI=1S/C18H15N3O2/c22-17-14(4-3-11-19-17)12-7-9-13(10-8-12)23-18-20-15-5-1-2-6-16(15)21-18/h1-3,5-11,14H,4H2,(H,19,22)(H,20,21). The normalized spacial score (nSPS) is 17.2. The monoisotopic (exact) mass is 305 g/mol. The van der Waals surface area contributed by atoms with Gasteiger partial charge in [-0.25, -0.2) is 0 Å². The van der Waals surface area contributed by atoms with Crippen LogP contribution < -0.4 is 10.1 Å². The Hall–Kier alpha value is -3.08. The summed E-state index contributed by atoms with van der Waals surface area (Å²) in [4.78, 5) is 19.4. The molecular weight excluding hydrogens is 290 g/mol. The van der Waals surface area contributed by atoms with Crippen molar-refractivity contribution in [2.75, 3.05) is 0 Å². The molecule has 0 aliphatic carbocycles. The molecule has 2 N–H and O–H groups in total. The van der Waals surface area contributed by atoms with Gasteiger partial charge in [-0.15, -0.1) is 0 Å². The number of rotatable bonds is 3. The van der Waals surface area contributed by atoms with Gasteiger partial charge < -0.3 is 15.0 Å². The van der Waals surface area contributed by atoms with Crippen molar-refractivity contribution < 1.29 is 9.53 Å². The van der Waals surface area contributed by atoms with E-state index in [0.717, 1.165) is 23.0 Å². The summed E-state index contributed by atoms with van der Waals surface area (Å²) in [5.41, 5.74) is 2.78. The van der Waals surface area contributed by atoms with E-state index < -0.39 is 0 Å². The molecule has 0 radical (unpaired) electrons. The Balaban J connectivity index is 1.54. The van der Waals surface area contributed by atoms with Crippen molar-refractivity contribution >= 4 is 16.9 Å². The Morgan fingerprint density at radius 1 is 1.09 bits per heavy atom. The molecule has 23 heavy (non-hydrogen) atoms. The number of aromatic amines is 1. The highest BCUT2D eigenvalue weighted by molar-refractivity contribution is 5.85. The van der Waals surface area contributed by atoms with Gasteiger partial charge >= 0.3 is 0 Å². The molecule has 3 aromatic rings. The molecule has 1 unspecified atom stereocenters. The molecule has 2 heterocycles. The Morgan fingerprint density at radius 2 is 1.91 bits per heavy atom. The van der Waals surface area contributed by atoms with Gasteiger partial charge in [-0.1, -0.05) is 30.3 Å². The van der Waals surface area contributed by atoms with E-state index in [-0.39, 0.29) is 11.8 Å². The second-order valence-electron chi connectivity index (χ2n) is 5.43. The third-order valence-corrected chi connectivity index (χ3v) is 3.90. The molecule has 114 valence electrons. The SMILES string of the molecule is O=C1NC=CCC1c1ccc(Oc2nc3ccccc3[nH]2)cc1. The first-order valence-electron chi connectivity index (χ1n) is 7.47. The molecule has 1 aliphatic rings. The first kappa shape index (κ1) is 13.6. The van der Waals surface area contributed by atoms with E-state index >= 15 is 0 Å². The highest BCUT2D eigenvalue weighted by Gasteiger charge is 2.21. The first-order valence-corrected chi connectivity index (χ1v) is 7.47. The van der Waals surface area contributed by atoms with E-state index in [1.165, 1.54) is 0 Å². The Labute approximate surface area is 133 Å². The molecule has 1 aliphatic heterocycles. The van der Waals surface area contributed by atoms with Crippen molar-refractivity contribution in [2.24, 2.45) is 0 Å². The number of carbonyl (C=O) groups excluding carboxylic acids is 1. The summed E-state index contributed by atoms with van der Waals surface area (Å²) < 4.78 is 5.75. The number of nitrogens with zero attached hydrogens (tertiary/aromatic N) is 1. The molecular formula is C18H15N3O2. The van der Waals surface area contributed by atoms with Gasteiger partial charge in [-0.3, -0.25) is 4.79 Å². The summed E-state index contributed by atoms with van der Waals surface area (Å²) in [7, 11) is 0. The maximum absolute atomic E-state index is 11.9. The summed E-state index contributed by atoms with van der Waals surface area (Å²) >= 11 is 0. The minimum atomic E-state index is -0.139. The Bertz CT molecular complexity index is 848. The number of fused-ring (bicyclic) bond motifs is 1. The number of aromatic nitrogens is 2. The second-order valence-corrected chi connectivity index (χ2v) is 5.43. The predicted molar refractivity (Wildman–Crippen MR) is 87.3 cm³/mol. The van der Waals surface area contributed by atoms with Crippen LogP contribution >= 0.6 is 0 Å². The summed E-state index contributed by atoms with van der Waals surface area (Å²) in [6.07, 6.45) is 4.37. The lowest BCUT2D eigenvalue weighted by atomic mass is 9.93. The van der Waals surface area contributed by atoms with Crippen LogP contribution in [0.4, 0.5) is 0 Å². The van der Waals surface area contributed by atoms with Gasteiger partial charge in [0.15, 0.2) is 0 Å². The van der Waals surface area contributed by atoms with Crippen LogP contribution in [0.25, 0.3) is 11.0 Å². The van der Waals surface area contributed by atoms with Gasteiger partial charge in [0.1, 0.15) is 5.75 Å². The van der Waals surface area contributed by atoms with Crippen molar-refractivity contribution in [1.82, 2.24) is 15.3 Å². The van der Waals surface area contributed by atoms with E-state index in [9.17, 15) is 4.79 Å². The second kappa shape index (κ2) is 5.61. The van der Waals surface area contributed by atoms with E-state index in [0.29, 0.717) is 11.8 Å². The molecule has 0 saturated carbocycles. The van der Waals surface area contributed by atoms with Gasteiger partial charge in [0, 0.05) is 0 Å². The van der Waals surface area contributed by atoms with Crippen LogP contribution in [0.5, 0.6) is 11.8 Å². The van der Waals surface area contributed by atoms with E-state index in [4.69, 9.17) is 4.74 Å². The molecule has 0 fully saturated rings. The number of benzene rings is 2. The zero-order chi connectivity index (χ0) is 15.6. The van der Waals surface area contributed by atoms with Crippen LogP contribution in [0.2, 0.25) is 0 Å². The topological polar surface area (TPSA) is 67.0 Å². The molecule has 5 heteroatoms. The molecule has 0 spiro atoms. The van der Waals surface area contributed by atoms with Crippen molar-refractivity contribution in [3.63, 3.8) is 0 Å². The van der Waals surface area contributed by atoms with Crippen molar-refractivity contribution in [2.45, 2.75) is 12.3 Å². The van der Waals surface area contributed by atoms with Crippen molar-refractivity contribution in [3.8, 4) is 11.8 Å². The van der Waals surface area contributed by atoms with Crippen LogP contribution in [-0.2, 0) is 4.79 Å². The minimum Gasteiger partial charge on any atom is -0.426 e. The number of para-hydroxylation sites is 2. The largest absolute Gasteiger partial charge is 0.426 e. The molecule has 4 rings (SSSR count). The molecule has 0 saturated heterocycles. The van der Waals surface area contributed by atoms with Crippen LogP contribution in [0, 0.1) is 0 Å². The van der Waals surface area contributed by atoms with Crippen molar-refractivity contribution in [3.05, 3.63) is 66.4 Å². The lowest BCUT2D eigenvalue weighted by Crippen LogP contribution is -2.27. The summed E-state index contributed by atoms with van der Waals surface area (Å²) in [6, 6.07) is 15.8. The third kappa shape index (κ3) is 2.68. The van der Waals surface area contributed by atoms with E-state index in [1.54, 1.807) is 6.20 Å². The summed E-state index contributed by atoms with van der Waals surface area (Å²) in [5.74, 6) is 0.568. The number of ether oxygens (including phenoxy) is 1. The van der Waals surface area contributed by atoms with Crippen LogP contribution in [0.3, 0.4) is 0 Å². The van der Waals surface area contributed by atoms with Gasteiger partial charge in [0.2, 0.25) is 5.91 Å².